The highest BCUT2D eigenvalue weighted by Crippen LogP contribution is 2.18. The maximum absolute atomic E-state index is 12.2. The number of nitrogens with one attached hydrogen (secondary N) is 2. The largest absolute Gasteiger partial charge is 0.351 e. The maximum Gasteiger partial charge on any atom is 0.257 e. The smallest absolute Gasteiger partial charge is 0.257 e. The summed E-state index contributed by atoms with van der Waals surface area (Å²) in [6.07, 6.45) is 3.13. The molecular formula is C18H21N3O2. The molecule has 0 unspecified atom stereocenters. The van der Waals surface area contributed by atoms with E-state index in [1.54, 1.807) is 18.3 Å². The van der Waals surface area contributed by atoms with Gasteiger partial charge in [-0.05, 0) is 23.8 Å². The molecule has 0 atom stereocenters. The van der Waals surface area contributed by atoms with Crippen molar-refractivity contribution in [2.45, 2.75) is 27.3 Å². The third-order valence-corrected chi connectivity index (χ3v) is 3.31. The van der Waals surface area contributed by atoms with Gasteiger partial charge in [0.05, 0.1) is 5.56 Å². The SMILES string of the molecule is CC(C)(C)C(=O)NCc1ccccc1NC(=O)c1cccnc1. The lowest BCUT2D eigenvalue weighted by Crippen LogP contribution is -2.34. The molecule has 0 bridgehead atoms. The minimum absolute atomic E-state index is 0.0362. The molecule has 2 N–H and O–H groups in total. The maximum atomic E-state index is 12.2. The summed E-state index contributed by atoms with van der Waals surface area (Å²) in [6, 6.07) is 10.8. The van der Waals surface area contributed by atoms with E-state index in [2.05, 4.69) is 15.6 Å². The molecule has 5 nitrogen and oxygen atoms in total. The number of carbonyl (C=O) groups is 2. The molecule has 23 heavy (non-hydrogen) atoms. The van der Waals surface area contributed by atoms with Gasteiger partial charge in [0.15, 0.2) is 0 Å². The Balaban J connectivity index is 2.09. The first kappa shape index (κ1) is 16.7. The molecule has 0 spiro atoms. The van der Waals surface area contributed by atoms with Crippen LogP contribution in [0, 0.1) is 5.41 Å². The van der Waals surface area contributed by atoms with E-state index in [4.69, 9.17) is 0 Å². The lowest BCUT2D eigenvalue weighted by Gasteiger charge is -2.18. The molecule has 2 amide bonds. The van der Waals surface area contributed by atoms with Crippen molar-refractivity contribution in [1.82, 2.24) is 10.3 Å². The highest BCUT2D eigenvalue weighted by Gasteiger charge is 2.21. The summed E-state index contributed by atoms with van der Waals surface area (Å²) < 4.78 is 0. The number of amides is 2. The van der Waals surface area contributed by atoms with Crippen molar-refractivity contribution in [3.63, 3.8) is 0 Å². The molecule has 1 heterocycles. The van der Waals surface area contributed by atoms with E-state index in [9.17, 15) is 9.59 Å². The average Bonchev–Trinajstić information content (AvgIpc) is 2.53. The van der Waals surface area contributed by atoms with Gasteiger partial charge in [0, 0.05) is 30.0 Å². The molecule has 0 aliphatic rings. The summed E-state index contributed by atoms with van der Waals surface area (Å²) in [5.74, 6) is -0.265. The Kier molecular flexibility index (Phi) is 5.11. The quantitative estimate of drug-likeness (QED) is 0.912. The monoisotopic (exact) mass is 311 g/mol. The number of para-hydroxylation sites is 1. The van der Waals surface area contributed by atoms with Crippen molar-refractivity contribution in [3.8, 4) is 0 Å². The fourth-order valence-corrected chi connectivity index (χ4v) is 1.93. The zero-order chi connectivity index (χ0) is 16.9. The van der Waals surface area contributed by atoms with Crippen molar-refractivity contribution < 1.29 is 9.59 Å². The van der Waals surface area contributed by atoms with Crippen molar-refractivity contribution in [2.75, 3.05) is 5.32 Å². The van der Waals surface area contributed by atoms with Crippen LogP contribution in [0.25, 0.3) is 0 Å². The summed E-state index contributed by atoms with van der Waals surface area (Å²) in [7, 11) is 0. The number of hydrogen-bond acceptors (Lipinski definition) is 3. The molecule has 0 saturated carbocycles. The number of aromatic nitrogens is 1. The van der Waals surface area contributed by atoms with Gasteiger partial charge in [-0.1, -0.05) is 39.0 Å². The fraction of sp³-hybridized carbons (Fsp3) is 0.278. The summed E-state index contributed by atoms with van der Waals surface area (Å²) in [4.78, 5) is 28.1. The molecule has 0 aliphatic heterocycles. The predicted octanol–water partition coefficient (Wildman–Crippen LogP) is 3.00. The minimum Gasteiger partial charge on any atom is -0.351 e. The molecular weight excluding hydrogens is 290 g/mol. The van der Waals surface area contributed by atoms with Gasteiger partial charge in [0.25, 0.3) is 5.91 Å². The van der Waals surface area contributed by atoms with Crippen LogP contribution in [-0.4, -0.2) is 16.8 Å². The molecule has 5 heteroatoms. The van der Waals surface area contributed by atoms with Gasteiger partial charge in [0.2, 0.25) is 5.91 Å². The zero-order valence-electron chi connectivity index (χ0n) is 13.6. The summed E-state index contributed by atoms with van der Waals surface area (Å²) >= 11 is 0. The Morgan fingerprint density at radius 1 is 1.09 bits per heavy atom. The molecule has 0 radical (unpaired) electrons. The van der Waals surface area contributed by atoms with E-state index >= 15 is 0 Å². The van der Waals surface area contributed by atoms with Crippen LogP contribution in [0.3, 0.4) is 0 Å². The van der Waals surface area contributed by atoms with Gasteiger partial charge in [0.1, 0.15) is 0 Å². The van der Waals surface area contributed by atoms with Crippen molar-refractivity contribution in [1.29, 1.82) is 0 Å². The lowest BCUT2D eigenvalue weighted by atomic mass is 9.95. The second kappa shape index (κ2) is 7.05. The van der Waals surface area contributed by atoms with Crippen LogP contribution in [0.15, 0.2) is 48.8 Å². The van der Waals surface area contributed by atoms with Crippen molar-refractivity contribution in [3.05, 3.63) is 59.9 Å². The third-order valence-electron chi connectivity index (χ3n) is 3.31. The molecule has 2 aromatic rings. The van der Waals surface area contributed by atoms with E-state index in [1.807, 2.05) is 45.0 Å². The topological polar surface area (TPSA) is 71.1 Å². The standard InChI is InChI=1S/C18H21N3O2/c1-18(2,3)17(23)20-12-13-7-4-5-9-15(13)21-16(22)14-8-6-10-19-11-14/h4-11H,12H2,1-3H3,(H,20,23)(H,21,22). The number of anilines is 1. The lowest BCUT2D eigenvalue weighted by molar-refractivity contribution is -0.128. The fourth-order valence-electron chi connectivity index (χ4n) is 1.93. The number of hydrogen-bond donors (Lipinski definition) is 2. The van der Waals surface area contributed by atoms with E-state index in [0.717, 1.165) is 5.56 Å². The Morgan fingerprint density at radius 2 is 1.83 bits per heavy atom. The van der Waals surface area contributed by atoms with Crippen LogP contribution in [0.2, 0.25) is 0 Å². The van der Waals surface area contributed by atoms with E-state index in [1.165, 1.54) is 6.20 Å². The van der Waals surface area contributed by atoms with Crippen molar-refractivity contribution in [2.24, 2.45) is 5.41 Å². The van der Waals surface area contributed by atoms with Crippen LogP contribution >= 0.6 is 0 Å². The molecule has 2 rings (SSSR count). The zero-order valence-corrected chi connectivity index (χ0v) is 13.6. The van der Waals surface area contributed by atoms with E-state index < -0.39 is 5.41 Å². The first-order valence-electron chi connectivity index (χ1n) is 7.45. The Labute approximate surface area is 136 Å². The van der Waals surface area contributed by atoms with Crippen molar-refractivity contribution >= 4 is 17.5 Å². The van der Waals surface area contributed by atoms with Gasteiger partial charge >= 0.3 is 0 Å². The second-order valence-corrected chi connectivity index (χ2v) is 6.29. The first-order valence-corrected chi connectivity index (χ1v) is 7.45. The van der Waals surface area contributed by atoms with Crippen LogP contribution in [0.1, 0.15) is 36.7 Å². The van der Waals surface area contributed by atoms with Crippen LogP contribution in [0.5, 0.6) is 0 Å². The second-order valence-electron chi connectivity index (χ2n) is 6.29. The van der Waals surface area contributed by atoms with E-state index in [-0.39, 0.29) is 11.8 Å². The Morgan fingerprint density at radius 3 is 2.48 bits per heavy atom. The van der Waals surface area contributed by atoms with Crippen LogP contribution in [-0.2, 0) is 11.3 Å². The highest BCUT2D eigenvalue weighted by atomic mass is 16.2. The molecule has 0 aliphatic carbocycles. The first-order chi connectivity index (χ1) is 10.9. The highest BCUT2D eigenvalue weighted by molar-refractivity contribution is 6.04. The summed E-state index contributed by atoms with van der Waals surface area (Å²) in [5.41, 5.74) is 1.56. The number of carbonyl (C=O) groups excluding carboxylic acids is 2. The van der Waals surface area contributed by atoms with Gasteiger partial charge in [-0.25, -0.2) is 0 Å². The average molecular weight is 311 g/mol. The molecule has 0 fully saturated rings. The molecule has 120 valence electrons. The van der Waals surface area contributed by atoms with Gasteiger partial charge in [-0.2, -0.15) is 0 Å². The number of nitrogens with zero attached hydrogens (tertiary/aromatic N) is 1. The minimum atomic E-state index is -0.450. The van der Waals surface area contributed by atoms with Crippen LogP contribution in [0.4, 0.5) is 5.69 Å². The predicted molar refractivity (Wildman–Crippen MR) is 89.9 cm³/mol. The summed E-state index contributed by atoms with van der Waals surface area (Å²) in [5, 5.41) is 5.75. The number of benzene rings is 1. The number of pyridine rings is 1. The number of rotatable bonds is 4. The van der Waals surface area contributed by atoms with Crippen LogP contribution < -0.4 is 10.6 Å². The van der Waals surface area contributed by atoms with E-state index in [0.29, 0.717) is 17.8 Å². The molecule has 0 saturated heterocycles. The molecule has 1 aromatic heterocycles. The third kappa shape index (κ3) is 4.64. The van der Waals surface area contributed by atoms with Gasteiger partial charge < -0.3 is 10.6 Å². The Bertz CT molecular complexity index is 691. The Hall–Kier alpha value is -2.69. The van der Waals surface area contributed by atoms with Gasteiger partial charge in [-0.3, -0.25) is 14.6 Å². The summed E-state index contributed by atoms with van der Waals surface area (Å²) in [6.45, 7) is 5.94. The van der Waals surface area contributed by atoms with Gasteiger partial charge in [-0.15, -0.1) is 0 Å². The normalized spacial score (nSPS) is 10.9. The molecule has 1 aromatic carbocycles.